The van der Waals surface area contributed by atoms with Crippen molar-refractivity contribution in [2.24, 2.45) is 17.8 Å². The molecule has 0 radical (unpaired) electrons. The number of carbonyl (C=O) groups excluding carboxylic acids is 1. The lowest BCUT2D eigenvalue weighted by molar-refractivity contribution is -0.121. The Kier molecular flexibility index (Phi) is 5.77. The molecule has 2 bridgehead atoms. The lowest BCUT2D eigenvalue weighted by Crippen LogP contribution is -2.41. The first kappa shape index (κ1) is 20.6. The number of rotatable bonds is 5. The number of thioether (sulfide) groups is 2. The van der Waals surface area contributed by atoms with E-state index in [1.807, 2.05) is 0 Å². The van der Waals surface area contributed by atoms with Gasteiger partial charge < -0.3 is 5.32 Å². The first-order chi connectivity index (χ1) is 13.3. The van der Waals surface area contributed by atoms with Gasteiger partial charge in [-0.2, -0.15) is 0 Å². The van der Waals surface area contributed by atoms with E-state index in [1.54, 1.807) is 38.1 Å². The third-order valence-electron chi connectivity index (χ3n) is 6.07. The summed E-state index contributed by atoms with van der Waals surface area (Å²) in [7, 11) is -3.51. The number of nitrogens with one attached hydrogen (secondary N) is 2. The second-order valence-corrected chi connectivity index (χ2v) is 13.1. The standard InChI is InChI=1S/C20H28N2O3S3/c1-13(2)22-28(24,25)18-7-5-17(6-8-18)21-19(23)14-11-15-3-4-16(12-14)20(15)26-9-10-27-20/h5-8,13-16,22H,3-4,9-12H2,1-2H3,(H,21,23). The number of carbonyl (C=O) groups is 1. The molecule has 1 spiro atoms. The minimum absolute atomic E-state index is 0.0657. The Bertz CT molecular complexity index is 817. The zero-order valence-electron chi connectivity index (χ0n) is 16.3. The molecule has 1 saturated heterocycles. The summed E-state index contributed by atoms with van der Waals surface area (Å²) in [6, 6.07) is 6.28. The molecular weight excluding hydrogens is 412 g/mol. The summed E-state index contributed by atoms with van der Waals surface area (Å²) in [5, 5.41) is 3.01. The van der Waals surface area contributed by atoms with Crippen LogP contribution in [0, 0.1) is 17.8 Å². The predicted molar refractivity (Wildman–Crippen MR) is 117 cm³/mol. The van der Waals surface area contributed by atoms with Crippen LogP contribution in [0.3, 0.4) is 0 Å². The van der Waals surface area contributed by atoms with Crippen LogP contribution in [-0.4, -0.2) is 36.0 Å². The molecule has 1 heterocycles. The SMILES string of the molecule is CC(C)NS(=O)(=O)c1ccc(NC(=O)C2CC3CCC(C2)C32SCCS2)cc1. The van der Waals surface area contributed by atoms with E-state index < -0.39 is 10.0 Å². The van der Waals surface area contributed by atoms with Gasteiger partial charge in [-0.1, -0.05) is 0 Å². The summed E-state index contributed by atoms with van der Waals surface area (Å²) < 4.78 is 27.4. The first-order valence-electron chi connectivity index (χ1n) is 10.0. The van der Waals surface area contributed by atoms with Gasteiger partial charge in [0.05, 0.1) is 8.97 Å². The van der Waals surface area contributed by atoms with Crippen LogP contribution >= 0.6 is 23.5 Å². The lowest BCUT2D eigenvalue weighted by Gasteiger charge is -2.42. The molecule has 2 atom stereocenters. The van der Waals surface area contributed by atoms with Crippen molar-refractivity contribution in [2.75, 3.05) is 16.8 Å². The average Bonchev–Trinajstić information content (AvgIpc) is 3.16. The fourth-order valence-electron chi connectivity index (χ4n) is 4.96. The highest BCUT2D eigenvalue weighted by Crippen LogP contribution is 2.65. The number of hydrogen-bond acceptors (Lipinski definition) is 5. The summed E-state index contributed by atoms with van der Waals surface area (Å²) in [5.41, 5.74) is 0.658. The van der Waals surface area contributed by atoms with Crippen LogP contribution in [0.15, 0.2) is 29.2 Å². The van der Waals surface area contributed by atoms with Crippen molar-refractivity contribution in [2.45, 2.75) is 54.5 Å². The minimum Gasteiger partial charge on any atom is -0.326 e. The van der Waals surface area contributed by atoms with Crippen LogP contribution in [-0.2, 0) is 14.8 Å². The number of sulfonamides is 1. The Hall–Kier alpha value is -0.700. The van der Waals surface area contributed by atoms with E-state index >= 15 is 0 Å². The van der Waals surface area contributed by atoms with Crippen molar-refractivity contribution < 1.29 is 13.2 Å². The van der Waals surface area contributed by atoms with Gasteiger partial charge in [-0.05, 0) is 75.6 Å². The molecule has 4 rings (SSSR count). The second-order valence-electron chi connectivity index (χ2n) is 8.35. The van der Waals surface area contributed by atoms with Gasteiger partial charge in [-0.25, -0.2) is 13.1 Å². The summed E-state index contributed by atoms with van der Waals surface area (Å²) in [6.07, 6.45) is 4.47. The van der Waals surface area contributed by atoms with Crippen LogP contribution in [0.25, 0.3) is 0 Å². The van der Waals surface area contributed by atoms with E-state index in [1.165, 1.54) is 24.3 Å². The number of hydrogen-bond donors (Lipinski definition) is 2. The van der Waals surface area contributed by atoms with Crippen LogP contribution in [0.2, 0.25) is 0 Å². The topological polar surface area (TPSA) is 75.3 Å². The Morgan fingerprint density at radius 2 is 1.64 bits per heavy atom. The maximum atomic E-state index is 12.9. The van der Waals surface area contributed by atoms with Crippen LogP contribution in [0.5, 0.6) is 0 Å². The van der Waals surface area contributed by atoms with Gasteiger partial charge in [0.2, 0.25) is 15.9 Å². The molecule has 2 N–H and O–H groups in total. The molecule has 154 valence electrons. The summed E-state index contributed by atoms with van der Waals surface area (Å²) >= 11 is 4.28. The van der Waals surface area contributed by atoms with Crippen molar-refractivity contribution in [3.63, 3.8) is 0 Å². The zero-order chi connectivity index (χ0) is 19.9. The van der Waals surface area contributed by atoms with E-state index in [4.69, 9.17) is 0 Å². The summed E-state index contributed by atoms with van der Waals surface area (Å²) in [6.45, 7) is 3.58. The van der Waals surface area contributed by atoms with Gasteiger partial charge in [0.1, 0.15) is 0 Å². The Morgan fingerprint density at radius 1 is 1.07 bits per heavy atom. The fourth-order valence-corrected chi connectivity index (χ4v) is 10.1. The molecule has 3 aliphatic rings. The molecule has 3 fully saturated rings. The van der Waals surface area contributed by atoms with Crippen molar-refractivity contribution >= 4 is 45.1 Å². The van der Waals surface area contributed by atoms with E-state index in [2.05, 4.69) is 33.6 Å². The number of amides is 1. The van der Waals surface area contributed by atoms with Gasteiger partial charge in [-0.3, -0.25) is 4.79 Å². The molecule has 1 aromatic rings. The van der Waals surface area contributed by atoms with Gasteiger partial charge >= 0.3 is 0 Å². The molecule has 1 aliphatic heterocycles. The maximum absolute atomic E-state index is 12.9. The normalized spacial score (nSPS) is 28.8. The molecule has 2 aliphatic carbocycles. The van der Waals surface area contributed by atoms with Crippen LogP contribution in [0.4, 0.5) is 5.69 Å². The van der Waals surface area contributed by atoms with Crippen LogP contribution < -0.4 is 10.0 Å². The number of benzene rings is 1. The highest BCUT2D eigenvalue weighted by molar-refractivity contribution is 8.21. The molecule has 28 heavy (non-hydrogen) atoms. The first-order valence-corrected chi connectivity index (χ1v) is 13.5. The lowest BCUT2D eigenvalue weighted by atomic mass is 9.79. The molecule has 5 nitrogen and oxygen atoms in total. The predicted octanol–water partition coefficient (Wildman–Crippen LogP) is 3.92. The Balaban J connectivity index is 1.40. The van der Waals surface area contributed by atoms with Crippen molar-refractivity contribution in [1.29, 1.82) is 0 Å². The van der Waals surface area contributed by atoms with Gasteiger partial charge in [-0.15, -0.1) is 23.5 Å². The molecular formula is C20H28N2O3S3. The molecule has 2 saturated carbocycles. The average molecular weight is 441 g/mol. The van der Waals surface area contributed by atoms with E-state index in [9.17, 15) is 13.2 Å². The third-order valence-corrected chi connectivity index (χ3v) is 11.8. The van der Waals surface area contributed by atoms with E-state index in [-0.39, 0.29) is 22.8 Å². The number of anilines is 1. The van der Waals surface area contributed by atoms with Gasteiger partial charge in [0.25, 0.3) is 0 Å². The van der Waals surface area contributed by atoms with E-state index in [0.717, 1.165) is 12.8 Å². The maximum Gasteiger partial charge on any atom is 0.240 e. The molecule has 8 heteroatoms. The Morgan fingerprint density at radius 3 is 2.18 bits per heavy atom. The largest absolute Gasteiger partial charge is 0.326 e. The second kappa shape index (κ2) is 7.85. The van der Waals surface area contributed by atoms with Crippen molar-refractivity contribution in [1.82, 2.24) is 4.72 Å². The van der Waals surface area contributed by atoms with Crippen LogP contribution in [0.1, 0.15) is 39.5 Å². The Labute approximate surface area is 176 Å². The quantitative estimate of drug-likeness (QED) is 0.726. The molecule has 0 aromatic heterocycles. The van der Waals surface area contributed by atoms with Gasteiger partial charge in [0, 0.05) is 29.2 Å². The highest BCUT2D eigenvalue weighted by Gasteiger charge is 2.57. The van der Waals surface area contributed by atoms with Gasteiger partial charge in [0.15, 0.2) is 0 Å². The van der Waals surface area contributed by atoms with E-state index in [0.29, 0.717) is 21.6 Å². The minimum atomic E-state index is -3.51. The van der Waals surface area contributed by atoms with Crippen molar-refractivity contribution in [3.05, 3.63) is 24.3 Å². The zero-order valence-corrected chi connectivity index (χ0v) is 18.8. The molecule has 2 unspecified atom stereocenters. The molecule has 1 amide bonds. The monoisotopic (exact) mass is 440 g/mol. The fraction of sp³-hybridized carbons (Fsp3) is 0.650. The summed E-state index contributed by atoms with van der Waals surface area (Å²) in [4.78, 5) is 13.1. The smallest absolute Gasteiger partial charge is 0.240 e. The van der Waals surface area contributed by atoms with Crippen molar-refractivity contribution in [3.8, 4) is 0 Å². The third kappa shape index (κ3) is 3.85. The summed E-state index contributed by atoms with van der Waals surface area (Å²) in [5.74, 6) is 3.93. The molecule has 1 aromatic carbocycles. The highest BCUT2D eigenvalue weighted by atomic mass is 32.2.